The Morgan fingerprint density at radius 3 is 0.759 bits per heavy atom. The van der Waals surface area contributed by atoms with E-state index in [2.05, 4.69) is 208 Å². The van der Waals surface area contributed by atoms with Crippen molar-refractivity contribution in [3.63, 3.8) is 0 Å². The molecular formula is C67H48O4S8. The van der Waals surface area contributed by atoms with E-state index < -0.39 is 5.41 Å². The molecule has 388 valence electrons. The maximum Gasteiger partial charge on any atom is 0.135 e. The van der Waals surface area contributed by atoms with Crippen molar-refractivity contribution in [2.24, 2.45) is 0 Å². The second kappa shape index (κ2) is 21.8. The summed E-state index contributed by atoms with van der Waals surface area (Å²) in [7, 11) is 0. The SMILES string of the molecule is CC(C)(c1cc(-c2cccc3c2Sc2ccccc2S3)c(OCCO)c(-c2cccc3c2Sc2ccccc2S3)c1)c1cc(-c2cccc3c2Sc2ccccc2S3)c(OCCO)c(-c2cccc3c2Sc2ccccc2S3)c1. The fourth-order valence-electron chi connectivity index (χ4n) is 10.6. The van der Waals surface area contributed by atoms with Crippen LogP contribution in [0.3, 0.4) is 0 Å². The fourth-order valence-corrected chi connectivity index (χ4v) is 20.2. The van der Waals surface area contributed by atoms with E-state index in [-0.39, 0.29) is 26.4 Å². The number of rotatable bonds is 12. The van der Waals surface area contributed by atoms with Crippen LogP contribution in [-0.2, 0) is 5.41 Å². The van der Waals surface area contributed by atoms with Crippen LogP contribution < -0.4 is 9.47 Å². The Hall–Kier alpha value is -5.48. The highest BCUT2D eigenvalue weighted by Gasteiger charge is 2.35. The lowest BCUT2D eigenvalue weighted by Gasteiger charge is -2.32. The summed E-state index contributed by atoms with van der Waals surface area (Å²) >= 11 is 14.5. The Kier molecular flexibility index (Phi) is 14.2. The van der Waals surface area contributed by atoms with Gasteiger partial charge in [0.05, 0.1) is 13.2 Å². The average molecular weight is 1170 g/mol. The van der Waals surface area contributed by atoms with Crippen LogP contribution in [0.1, 0.15) is 25.0 Å². The van der Waals surface area contributed by atoms with Crippen molar-refractivity contribution in [3.8, 4) is 56.0 Å². The van der Waals surface area contributed by atoms with Crippen molar-refractivity contribution >= 4 is 94.1 Å². The summed E-state index contributed by atoms with van der Waals surface area (Å²) in [6, 6.07) is 70.6. The monoisotopic (exact) mass is 1170 g/mol. The van der Waals surface area contributed by atoms with Gasteiger partial charge in [0, 0.05) is 128 Å². The molecule has 0 spiro atoms. The molecule has 0 saturated carbocycles. The molecule has 0 bridgehead atoms. The number of hydrogen-bond donors (Lipinski definition) is 2. The van der Waals surface area contributed by atoms with Gasteiger partial charge in [-0.2, -0.15) is 0 Å². The third-order valence-electron chi connectivity index (χ3n) is 14.5. The highest BCUT2D eigenvalue weighted by atomic mass is 32.2. The second-order valence-corrected chi connectivity index (χ2v) is 28.2. The van der Waals surface area contributed by atoms with Gasteiger partial charge in [-0.05, 0) is 108 Å². The Morgan fingerprint density at radius 1 is 0.291 bits per heavy atom. The van der Waals surface area contributed by atoms with Gasteiger partial charge in [0.15, 0.2) is 0 Å². The average Bonchev–Trinajstić information content (AvgIpc) is 3.50. The minimum absolute atomic E-state index is 0.130. The number of benzene rings is 10. The summed E-state index contributed by atoms with van der Waals surface area (Å²) in [6.07, 6.45) is 0. The molecule has 10 aromatic rings. The van der Waals surface area contributed by atoms with Gasteiger partial charge < -0.3 is 19.7 Å². The predicted molar refractivity (Wildman–Crippen MR) is 331 cm³/mol. The maximum absolute atomic E-state index is 10.6. The molecule has 4 aliphatic heterocycles. The van der Waals surface area contributed by atoms with Gasteiger partial charge in [-0.15, -0.1) is 0 Å². The van der Waals surface area contributed by atoms with Crippen LogP contribution in [-0.4, -0.2) is 36.6 Å². The van der Waals surface area contributed by atoms with E-state index in [1.165, 1.54) is 78.3 Å². The topological polar surface area (TPSA) is 58.9 Å². The highest BCUT2D eigenvalue weighted by molar-refractivity contribution is 8.06. The minimum atomic E-state index is -0.655. The first-order chi connectivity index (χ1) is 38.8. The van der Waals surface area contributed by atoms with Crippen LogP contribution in [0.25, 0.3) is 44.5 Å². The standard InChI is InChI=1S/C67H48O4S8/c1-67(2,39-35-45(41-15-11-27-57-63(41)76-53-23-7-3-19-49(53)72-57)61(70-33-31-68)46(36-39)42-16-12-28-58-64(42)77-54-24-8-4-20-50(54)73-58)40-37-47(43-17-13-29-59-65(43)78-55-25-9-5-21-51(55)74-59)62(71-34-32-69)48(38-40)44-18-14-30-60-66(44)79-56-26-10-6-22-52(56)75-60/h3-30,35-38,68-69H,31-34H2,1-2H3. The van der Waals surface area contributed by atoms with Crippen LogP contribution in [0.5, 0.6) is 11.5 Å². The van der Waals surface area contributed by atoms with Gasteiger partial charge in [0.1, 0.15) is 24.7 Å². The summed E-state index contributed by atoms with van der Waals surface area (Å²) in [6.45, 7) is 4.72. The largest absolute Gasteiger partial charge is 0.490 e. The van der Waals surface area contributed by atoms with E-state index >= 15 is 0 Å². The molecule has 4 aliphatic rings. The molecule has 12 heteroatoms. The molecule has 4 heterocycles. The summed E-state index contributed by atoms with van der Waals surface area (Å²) < 4.78 is 13.9. The van der Waals surface area contributed by atoms with Crippen molar-refractivity contribution < 1.29 is 19.7 Å². The van der Waals surface area contributed by atoms with Gasteiger partial charge in [-0.3, -0.25) is 0 Å². The number of hydrogen-bond acceptors (Lipinski definition) is 12. The number of aliphatic hydroxyl groups excluding tert-OH is 2. The van der Waals surface area contributed by atoms with Crippen molar-refractivity contribution in [1.29, 1.82) is 0 Å². The normalized spacial score (nSPS) is 13.6. The molecule has 0 saturated heterocycles. The zero-order valence-electron chi connectivity index (χ0n) is 42.8. The Balaban J connectivity index is 1.03. The van der Waals surface area contributed by atoms with E-state index in [9.17, 15) is 10.2 Å². The summed E-state index contributed by atoms with van der Waals surface area (Å²) in [5, 5.41) is 21.2. The molecule has 10 aromatic carbocycles. The van der Waals surface area contributed by atoms with E-state index in [0.717, 1.165) is 67.1 Å². The molecule has 14 rings (SSSR count). The smallest absolute Gasteiger partial charge is 0.135 e. The summed E-state index contributed by atoms with van der Waals surface area (Å²) in [4.78, 5) is 19.4. The molecule has 0 amide bonds. The van der Waals surface area contributed by atoms with Gasteiger partial charge in [-0.1, -0.05) is 205 Å². The van der Waals surface area contributed by atoms with Crippen molar-refractivity contribution in [2.45, 2.75) is 97.6 Å². The molecule has 4 nitrogen and oxygen atoms in total. The van der Waals surface area contributed by atoms with Crippen molar-refractivity contribution in [1.82, 2.24) is 0 Å². The number of fused-ring (bicyclic) bond motifs is 8. The molecule has 0 aromatic heterocycles. The molecule has 79 heavy (non-hydrogen) atoms. The van der Waals surface area contributed by atoms with Crippen molar-refractivity contribution in [3.05, 3.63) is 205 Å². The van der Waals surface area contributed by atoms with Gasteiger partial charge >= 0.3 is 0 Å². The molecular weight excluding hydrogens is 1130 g/mol. The zero-order valence-corrected chi connectivity index (χ0v) is 49.3. The Morgan fingerprint density at radius 2 is 0.519 bits per heavy atom. The first kappa shape index (κ1) is 51.7. The van der Waals surface area contributed by atoms with Crippen molar-refractivity contribution in [2.75, 3.05) is 26.4 Å². The van der Waals surface area contributed by atoms with E-state index in [0.29, 0.717) is 0 Å². The molecule has 0 fully saturated rings. The maximum atomic E-state index is 10.6. The number of ether oxygens (including phenoxy) is 2. The lowest BCUT2D eigenvalue weighted by Crippen LogP contribution is -2.20. The Bertz CT molecular complexity index is 3580. The third-order valence-corrected chi connectivity index (χ3v) is 25.0. The summed E-state index contributed by atoms with van der Waals surface area (Å²) in [5.41, 5.74) is 9.78. The summed E-state index contributed by atoms with van der Waals surface area (Å²) in [5.74, 6) is 1.49. The lowest BCUT2D eigenvalue weighted by atomic mass is 9.74. The fraction of sp³-hybridized carbons (Fsp3) is 0.104. The van der Waals surface area contributed by atoms with Gasteiger partial charge in [0.2, 0.25) is 0 Å². The first-order valence-electron chi connectivity index (χ1n) is 26.0. The molecule has 0 unspecified atom stereocenters. The van der Waals surface area contributed by atoms with Crippen LogP contribution in [0.15, 0.2) is 272 Å². The van der Waals surface area contributed by atoms with Crippen LogP contribution in [0.4, 0.5) is 0 Å². The third kappa shape index (κ3) is 9.53. The zero-order chi connectivity index (χ0) is 53.2. The molecule has 0 atom stereocenters. The number of aliphatic hydroxyl groups is 2. The molecule has 0 radical (unpaired) electrons. The van der Waals surface area contributed by atoms with E-state index in [1.54, 1.807) is 0 Å². The van der Waals surface area contributed by atoms with Crippen LogP contribution in [0, 0.1) is 0 Å². The second-order valence-electron chi connectivity index (χ2n) is 19.7. The Labute approximate surface area is 494 Å². The van der Waals surface area contributed by atoms with E-state index in [1.807, 2.05) is 94.1 Å². The highest BCUT2D eigenvalue weighted by Crippen LogP contribution is 2.60. The molecule has 0 aliphatic carbocycles. The predicted octanol–water partition coefficient (Wildman–Crippen LogP) is 19.9. The minimum Gasteiger partial charge on any atom is -0.490 e. The van der Waals surface area contributed by atoms with Crippen LogP contribution in [0.2, 0.25) is 0 Å². The van der Waals surface area contributed by atoms with Gasteiger partial charge in [0.25, 0.3) is 0 Å². The van der Waals surface area contributed by atoms with E-state index in [4.69, 9.17) is 9.47 Å². The van der Waals surface area contributed by atoms with Gasteiger partial charge in [-0.25, -0.2) is 0 Å². The first-order valence-corrected chi connectivity index (χ1v) is 32.5. The van der Waals surface area contributed by atoms with Crippen LogP contribution >= 0.6 is 94.1 Å². The lowest BCUT2D eigenvalue weighted by molar-refractivity contribution is 0.202. The molecule has 2 N–H and O–H groups in total. The quantitative estimate of drug-likeness (QED) is 0.123.